The van der Waals surface area contributed by atoms with Crippen molar-refractivity contribution >= 4 is 29.3 Å². The number of hydrogen-bond donors (Lipinski definition) is 0. The Kier molecular flexibility index (Phi) is 6.66. The number of alkyl halides is 3. The summed E-state index contributed by atoms with van der Waals surface area (Å²) in [4.78, 5) is 31.4. The Morgan fingerprint density at radius 2 is 1.80 bits per heavy atom. The molecular weight excluding hydrogens is 473 g/mol. The van der Waals surface area contributed by atoms with Crippen LogP contribution in [-0.4, -0.2) is 29.3 Å². The van der Waals surface area contributed by atoms with E-state index in [0.717, 1.165) is 49.1 Å². The summed E-state index contributed by atoms with van der Waals surface area (Å²) in [7, 11) is 0. The zero-order chi connectivity index (χ0) is 24.6. The van der Waals surface area contributed by atoms with E-state index in [1.807, 2.05) is 17.0 Å². The van der Waals surface area contributed by atoms with Crippen molar-refractivity contribution in [2.75, 3.05) is 11.4 Å². The van der Waals surface area contributed by atoms with Crippen LogP contribution in [0.2, 0.25) is 0 Å². The fraction of sp³-hybridized carbons (Fsp3) is 0.407. The highest BCUT2D eigenvalue weighted by atomic mass is 32.2. The summed E-state index contributed by atoms with van der Waals surface area (Å²) in [6.07, 6.45) is 3.59. The van der Waals surface area contributed by atoms with Crippen LogP contribution < -0.4 is 4.90 Å². The quantitative estimate of drug-likeness (QED) is 0.458. The van der Waals surface area contributed by atoms with Gasteiger partial charge in [0.05, 0.1) is 22.7 Å². The second-order valence-electron chi connectivity index (χ2n) is 9.45. The molecule has 1 aliphatic carbocycles. The van der Waals surface area contributed by atoms with E-state index in [9.17, 15) is 22.8 Å². The van der Waals surface area contributed by atoms with E-state index in [0.29, 0.717) is 28.6 Å². The molecule has 3 aliphatic rings. The van der Waals surface area contributed by atoms with Gasteiger partial charge in [-0.2, -0.15) is 13.2 Å². The molecule has 35 heavy (non-hydrogen) atoms. The van der Waals surface area contributed by atoms with Gasteiger partial charge >= 0.3 is 6.18 Å². The number of fused-ring (bicyclic) bond motifs is 2. The lowest BCUT2D eigenvalue weighted by Gasteiger charge is -2.43. The molecule has 2 aliphatic heterocycles. The number of carbonyl (C=O) groups excluding carboxylic acids is 2. The molecule has 2 amide bonds. The predicted molar refractivity (Wildman–Crippen MR) is 130 cm³/mol. The largest absolute Gasteiger partial charge is 0.416 e. The fourth-order valence-electron chi connectivity index (χ4n) is 5.54. The molecule has 0 bridgehead atoms. The second-order valence-corrected chi connectivity index (χ2v) is 10.5. The molecule has 2 fully saturated rings. The lowest BCUT2D eigenvalue weighted by molar-refractivity contribution is -0.137. The predicted octanol–water partition coefficient (Wildman–Crippen LogP) is 6.41. The molecule has 0 aromatic heterocycles. The van der Waals surface area contributed by atoms with Crippen LogP contribution in [-0.2, 0) is 22.3 Å². The number of amides is 2. The number of para-hydroxylation sites is 1. The Balaban J connectivity index is 1.43. The lowest BCUT2D eigenvalue weighted by atomic mass is 9.78. The van der Waals surface area contributed by atoms with Crippen molar-refractivity contribution in [1.29, 1.82) is 0 Å². The third-order valence-electron chi connectivity index (χ3n) is 7.21. The number of carbonyl (C=O) groups is 2. The molecule has 184 valence electrons. The molecule has 0 spiro atoms. The van der Waals surface area contributed by atoms with Gasteiger partial charge in [-0.05, 0) is 61.4 Å². The summed E-state index contributed by atoms with van der Waals surface area (Å²) < 4.78 is 39.7. The smallest absolute Gasteiger partial charge is 0.336 e. The van der Waals surface area contributed by atoms with Crippen LogP contribution in [0.25, 0.3) is 0 Å². The molecule has 1 saturated carbocycles. The summed E-state index contributed by atoms with van der Waals surface area (Å²) >= 11 is 1.25. The number of piperidine rings is 1. The second kappa shape index (κ2) is 9.72. The van der Waals surface area contributed by atoms with E-state index in [1.165, 1.54) is 35.2 Å². The highest BCUT2D eigenvalue weighted by molar-refractivity contribution is 8.04. The average Bonchev–Trinajstić information content (AvgIpc) is 2.86. The Hall–Kier alpha value is -2.74. The highest BCUT2D eigenvalue weighted by Crippen LogP contribution is 2.43. The molecule has 2 atom stereocenters. The van der Waals surface area contributed by atoms with Gasteiger partial charge < -0.3 is 9.80 Å². The van der Waals surface area contributed by atoms with Gasteiger partial charge in [0.15, 0.2) is 0 Å². The van der Waals surface area contributed by atoms with E-state index < -0.39 is 11.7 Å². The van der Waals surface area contributed by atoms with Gasteiger partial charge in [0.25, 0.3) is 5.91 Å². The summed E-state index contributed by atoms with van der Waals surface area (Å²) in [6, 6.07) is 12.5. The number of nitrogens with zero attached hydrogens (tertiary/aromatic N) is 2. The fourth-order valence-corrected chi connectivity index (χ4v) is 6.56. The first-order valence-electron chi connectivity index (χ1n) is 12.1. The van der Waals surface area contributed by atoms with Crippen LogP contribution in [0.3, 0.4) is 0 Å². The van der Waals surface area contributed by atoms with Crippen molar-refractivity contribution < 1.29 is 22.8 Å². The van der Waals surface area contributed by atoms with E-state index in [4.69, 9.17) is 0 Å². The molecule has 5 rings (SSSR count). The van der Waals surface area contributed by atoms with E-state index in [1.54, 1.807) is 18.2 Å². The molecule has 2 aromatic carbocycles. The van der Waals surface area contributed by atoms with Gasteiger partial charge in [-0.1, -0.05) is 48.9 Å². The number of halogens is 3. The molecule has 2 heterocycles. The van der Waals surface area contributed by atoms with Gasteiger partial charge in [-0.25, -0.2) is 0 Å². The molecule has 0 unspecified atom stereocenters. The van der Waals surface area contributed by atoms with Gasteiger partial charge in [0.2, 0.25) is 5.91 Å². The number of anilines is 1. The van der Waals surface area contributed by atoms with E-state index in [-0.39, 0.29) is 24.4 Å². The summed E-state index contributed by atoms with van der Waals surface area (Å²) in [6.45, 7) is 0.688. The number of benzene rings is 2. The number of hydrogen-bond acceptors (Lipinski definition) is 3. The van der Waals surface area contributed by atoms with Crippen LogP contribution in [0.4, 0.5) is 18.9 Å². The molecule has 2 aromatic rings. The van der Waals surface area contributed by atoms with Gasteiger partial charge in [0, 0.05) is 23.6 Å². The minimum Gasteiger partial charge on any atom is -0.336 e. The third kappa shape index (κ3) is 4.99. The van der Waals surface area contributed by atoms with Crippen LogP contribution in [0.15, 0.2) is 64.4 Å². The summed E-state index contributed by atoms with van der Waals surface area (Å²) in [5.74, 6) is 0.0280. The monoisotopic (exact) mass is 500 g/mol. The molecule has 8 heteroatoms. The summed E-state index contributed by atoms with van der Waals surface area (Å²) in [5, 5.41) is 0. The molecule has 4 nitrogen and oxygen atoms in total. The molecular formula is C27H27F3N2O2S. The Morgan fingerprint density at radius 3 is 2.63 bits per heavy atom. The number of rotatable bonds is 3. The van der Waals surface area contributed by atoms with Crippen molar-refractivity contribution in [2.45, 2.75) is 62.2 Å². The zero-order valence-corrected chi connectivity index (χ0v) is 20.1. The van der Waals surface area contributed by atoms with Crippen molar-refractivity contribution in [3.63, 3.8) is 0 Å². The van der Waals surface area contributed by atoms with E-state index >= 15 is 0 Å². The zero-order valence-electron chi connectivity index (χ0n) is 19.3. The first kappa shape index (κ1) is 24.0. The normalized spacial score (nSPS) is 23.7. The van der Waals surface area contributed by atoms with Gasteiger partial charge in [-0.15, -0.1) is 0 Å². The minimum atomic E-state index is -4.46. The van der Waals surface area contributed by atoms with Crippen molar-refractivity contribution in [3.05, 3.63) is 70.6 Å². The van der Waals surface area contributed by atoms with Gasteiger partial charge in [-0.3, -0.25) is 9.59 Å². The SMILES string of the molecule is O=C1/C(=C\C(=O)N2CCC[C@@H]3CCCC[C@@H]32)Sc2ccccc2N1Cc1cccc(C(F)(F)F)c1. The Morgan fingerprint density at radius 1 is 1.03 bits per heavy atom. The first-order valence-corrected chi connectivity index (χ1v) is 12.9. The summed E-state index contributed by atoms with van der Waals surface area (Å²) in [5.41, 5.74) is 0.261. The Labute approximate surface area is 207 Å². The Bertz CT molecular complexity index is 1160. The van der Waals surface area contributed by atoms with E-state index in [2.05, 4.69) is 0 Å². The standard InChI is InChI=1S/C27H27F3N2O2S/c28-27(29,30)20-10-5-7-18(15-20)17-32-22-12-3-4-13-23(22)35-24(26(32)34)16-25(33)31-14-6-9-19-8-1-2-11-21(19)31/h3-5,7,10,12-13,15-16,19,21H,1-2,6,8-9,11,14,17H2/b24-16+/t19-,21-/m0/s1. The van der Waals surface area contributed by atoms with Crippen LogP contribution >= 0.6 is 11.8 Å². The molecule has 1 saturated heterocycles. The minimum absolute atomic E-state index is 0.0136. The molecule has 0 radical (unpaired) electrons. The lowest BCUT2D eigenvalue weighted by Crippen LogP contribution is -2.49. The van der Waals surface area contributed by atoms with Crippen molar-refractivity contribution in [2.24, 2.45) is 5.92 Å². The third-order valence-corrected chi connectivity index (χ3v) is 8.29. The average molecular weight is 501 g/mol. The van der Waals surface area contributed by atoms with Crippen LogP contribution in [0, 0.1) is 5.92 Å². The topological polar surface area (TPSA) is 40.6 Å². The number of thioether (sulfide) groups is 1. The number of likely N-dealkylation sites (tertiary alicyclic amines) is 1. The first-order chi connectivity index (χ1) is 16.8. The maximum atomic E-state index is 13.5. The van der Waals surface area contributed by atoms with Crippen molar-refractivity contribution in [3.8, 4) is 0 Å². The maximum Gasteiger partial charge on any atom is 0.416 e. The maximum absolute atomic E-state index is 13.5. The van der Waals surface area contributed by atoms with Crippen LogP contribution in [0.1, 0.15) is 49.7 Å². The van der Waals surface area contributed by atoms with Crippen LogP contribution in [0.5, 0.6) is 0 Å². The van der Waals surface area contributed by atoms with Gasteiger partial charge in [0.1, 0.15) is 0 Å². The highest BCUT2D eigenvalue weighted by Gasteiger charge is 2.37. The molecule has 0 N–H and O–H groups in total. The van der Waals surface area contributed by atoms with Crippen molar-refractivity contribution in [1.82, 2.24) is 4.90 Å².